The summed E-state index contributed by atoms with van der Waals surface area (Å²) >= 11 is 1.75. The smallest absolute Gasteiger partial charge is 0.124 e. The number of benzene rings is 8. The van der Waals surface area contributed by atoms with Gasteiger partial charge in [0.1, 0.15) is 4.83 Å². The first-order valence-corrected chi connectivity index (χ1v) is 24.8. The Hall–Kier alpha value is -8.51. The van der Waals surface area contributed by atoms with Crippen molar-refractivity contribution in [1.82, 2.24) is 14.1 Å². The number of fused-ring (bicyclic) bond motifs is 9. The molecule has 0 amide bonds. The van der Waals surface area contributed by atoms with Gasteiger partial charge in [-0.25, -0.2) is 4.98 Å². The Kier molecular flexibility index (Phi) is 13.2. The molecule has 0 spiro atoms. The maximum Gasteiger partial charge on any atom is 0.124 e. The standard InChI is InChI=1S/C58H40N4S.C5H8.C2H6/c59-52(40-15-5-2-6-16-40)36-43(38-13-3-1-4-14-38)31-32-61-53-20-10-7-17-46(53)49-33-41(25-29-54(49)61)42-26-30-56-50(34-42)47-18-8-11-21-55(47)62(56)45-27-23-39(24-28-45)44-35-51-48-19-9-12-22-57(48)63-58(51)60-37-44;1-3-5-4-2;1-2/h1-31,33-37H,32,59H2;3-5H,1H2,2H3;1-2H3/b43-31+,52-36-;5-4-;. The van der Waals surface area contributed by atoms with Crippen molar-refractivity contribution in [2.75, 3.05) is 0 Å². The second-order valence-corrected chi connectivity index (χ2v) is 17.9. The molecule has 0 fully saturated rings. The first-order valence-electron chi connectivity index (χ1n) is 24.0. The molecule has 2 N–H and O–H groups in total. The van der Waals surface area contributed by atoms with Gasteiger partial charge < -0.3 is 14.9 Å². The largest absolute Gasteiger partial charge is 0.398 e. The van der Waals surface area contributed by atoms with E-state index in [1.807, 2.05) is 57.3 Å². The highest BCUT2D eigenvalue weighted by atomic mass is 32.1. The van der Waals surface area contributed by atoms with E-state index in [1.165, 1.54) is 70.2 Å². The lowest BCUT2D eigenvalue weighted by molar-refractivity contribution is 0.900. The summed E-state index contributed by atoms with van der Waals surface area (Å²) in [6, 6.07) is 71.8. The maximum absolute atomic E-state index is 6.69. The third-order valence-electron chi connectivity index (χ3n) is 12.8. The number of hydrogen-bond acceptors (Lipinski definition) is 3. The summed E-state index contributed by atoms with van der Waals surface area (Å²) in [5, 5.41) is 7.42. The van der Waals surface area contributed by atoms with Gasteiger partial charge in [-0.05, 0) is 107 Å². The fourth-order valence-electron chi connectivity index (χ4n) is 9.53. The van der Waals surface area contributed by atoms with Crippen LogP contribution in [0.5, 0.6) is 0 Å². The molecular weight excluding hydrogens is 869 g/mol. The molecule has 340 valence electrons. The van der Waals surface area contributed by atoms with Gasteiger partial charge in [-0.2, -0.15) is 0 Å². The van der Waals surface area contributed by atoms with Crippen molar-refractivity contribution in [3.8, 4) is 27.9 Å². The first kappa shape index (κ1) is 45.3. The molecule has 12 rings (SSSR count). The van der Waals surface area contributed by atoms with Crippen molar-refractivity contribution in [1.29, 1.82) is 0 Å². The van der Waals surface area contributed by atoms with Gasteiger partial charge in [0, 0.05) is 77.7 Å². The number of allylic oxidation sites excluding steroid dienone is 6. The number of thiophene rings is 1. The lowest BCUT2D eigenvalue weighted by Gasteiger charge is -2.10. The molecule has 4 nitrogen and oxygen atoms in total. The van der Waals surface area contributed by atoms with Gasteiger partial charge in [0.05, 0.1) is 11.0 Å². The van der Waals surface area contributed by atoms with Crippen LogP contribution in [0, 0.1) is 0 Å². The molecule has 0 unspecified atom stereocenters. The highest BCUT2D eigenvalue weighted by Gasteiger charge is 2.16. The van der Waals surface area contributed by atoms with Crippen molar-refractivity contribution in [3.05, 3.63) is 254 Å². The summed E-state index contributed by atoms with van der Waals surface area (Å²) in [6.45, 7) is 10.1. The van der Waals surface area contributed by atoms with E-state index >= 15 is 0 Å². The second kappa shape index (κ2) is 20.4. The van der Waals surface area contributed by atoms with Crippen LogP contribution in [-0.2, 0) is 6.54 Å². The molecule has 0 aliphatic rings. The van der Waals surface area contributed by atoms with Crippen LogP contribution in [-0.4, -0.2) is 14.1 Å². The van der Waals surface area contributed by atoms with Crippen molar-refractivity contribution >= 4 is 86.5 Å². The van der Waals surface area contributed by atoms with Gasteiger partial charge in [-0.15, -0.1) is 11.3 Å². The number of rotatable bonds is 9. The van der Waals surface area contributed by atoms with E-state index in [0.29, 0.717) is 6.54 Å². The van der Waals surface area contributed by atoms with Gasteiger partial charge in [-0.3, -0.25) is 0 Å². The minimum Gasteiger partial charge on any atom is -0.398 e. The van der Waals surface area contributed by atoms with E-state index in [4.69, 9.17) is 10.7 Å². The fourth-order valence-corrected chi connectivity index (χ4v) is 10.6. The summed E-state index contributed by atoms with van der Waals surface area (Å²) in [7, 11) is 0. The zero-order valence-corrected chi connectivity index (χ0v) is 40.6. The van der Waals surface area contributed by atoms with Crippen LogP contribution in [0.15, 0.2) is 243 Å². The summed E-state index contributed by atoms with van der Waals surface area (Å²) in [6.07, 6.45) is 12.0. The Morgan fingerprint density at radius 1 is 0.543 bits per heavy atom. The molecule has 4 heterocycles. The summed E-state index contributed by atoms with van der Waals surface area (Å²) in [4.78, 5) is 5.94. The molecule has 0 aliphatic heterocycles. The van der Waals surface area contributed by atoms with Gasteiger partial charge in [0.25, 0.3) is 0 Å². The number of pyridine rings is 1. The predicted molar refractivity (Wildman–Crippen MR) is 305 cm³/mol. The molecule has 0 atom stereocenters. The van der Waals surface area contributed by atoms with Crippen molar-refractivity contribution < 1.29 is 0 Å². The number of nitrogens with zero attached hydrogens (tertiary/aromatic N) is 3. The van der Waals surface area contributed by atoms with Gasteiger partial charge >= 0.3 is 0 Å². The molecular formula is C65H54N4S. The molecule has 8 aromatic carbocycles. The van der Waals surface area contributed by atoms with E-state index in [1.54, 1.807) is 17.4 Å². The number of para-hydroxylation sites is 2. The third-order valence-corrected chi connectivity index (χ3v) is 13.9. The Morgan fingerprint density at radius 3 is 1.74 bits per heavy atom. The van der Waals surface area contributed by atoms with Crippen molar-refractivity contribution in [3.63, 3.8) is 0 Å². The summed E-state index contributed by atoms with van der Waals surface area (Å²) in [5.41, 5.74) is 21.2. The van der Waals surface area contributed by atoms with E-state index in [9.17, 15) is 0 Å². The zero-order chi connectivity index (χ0) is 48.0. The van der Waals surface area contributed by atoms with Crippen molar-refractivity contribution in [2.45, 2.75) is 27.3 Å². The topological polar surface area (TPSA) is 48.8 Å². The van der Waals surface area contributed by atoms with Crippen LogP contribution in [0.3, 0.4) is 0 Å². The van der Waals surface area contributed by atoms with Crippen LogP contribution in [0.1, 0.15) is 31.9 Å². The van der Waals surface area contributed by atoms with E-state index in [2.05, 4.69) is 210 Å². The van der Waals surface area contributed by atoms with Crippen LogP contribution < -0.4 is 5.73 Å². The Bertz CT molecular complexity index is 3900. The SMILES string of the molecule is C=C/C=C\C.CC.N/C(=C\C(=C/Cn1c2ccccc2c2cc(-c3ccc4c(c3)c3ccccc3n4-c3ccc(-c4cnc5sc6ccccc6c5c4)cc3)ccc21)c1ccccc1)c1ccccc1. The van der Waals surface area contributed by atoms with E-state index in [-0.39, 0.29) is 0 Å². The highest BCUT2D eigenvalue weighted by Crippen LogP contribution is 2.39. The molecule has 0 saturated heterocycles. The van der Waals surface area contributed by atoms with E-state index < -0.39 is 0 Å². The van der Waals surface area contributed by atoms with Gasteiger partial charge in [0.2, 0.25) is 0 Å². The van der Waals surface area contributed by atoms with Crippen LogP contribution in [0.2, 0.25) is 0 Å². The average molecular weight is 923 g/mol. The van der Waals surface area contributed by atoms with Crippen LogP contribution in [0.25, 0.3) is 103 Å². The van der Waals surface area contributed by atoms with Crippen LogP contribution in [0.4, 0.5) is 0 Å². The normalized spacial score (nSPS) is 11.9. The summed E-state index contributed by atoms with van der Waals surface area (Å²) < 4.78 is 6.08. The fraction of sp³-hybridized carbons (Fsp3) is 0.0615. The zero-order valence-electron chi connectivity index (χ0n) is 39.8. The lowest BCUT2D eigenvalue weighted by Crippen LogP contribution is -1.99. The van der Waals surface area contributed by atoms with E-state index in [0.717, 1.165) is 44.0 Å². The highest BCUT2D eigenvalue weighted by molar-refractivity contribution is 7.25. The quantitative estimate of drug-likeness (QED) is 0.147. The van der Waals surface area contributed by atoms with Crippen LogP contribution >= 0.6 is 11.3 Å². The molecule has 5 heteroatoms. The monoisotopic (exact) mass is 922 g/mol. The first-order chi connectivity index (χ1) is 34.6. The molecule has 0 saturated carbocycles. The Labute approximate surface area is 413 Å². The maximum atomic E-state index is 6.69. The minimum absolute atomic E-state index is 0.691. The minimum atomic E-state index is 0.691. The Morgan fingerprint density at radius 2 is 1.07 bits per heavy atom. The lowest BCUT2D eigenvalue weighted by atomic mass is 10.0. The molecule has 0 aliphatic carbocycles. The second-order valence-electron chi connectivity index (χ2n) is 16.9. The molecule has 70 heavy (non-hydrogen) atoms. The van der Waals surface area contributed by atoms with Crippen molar-refractivity contribution in [2.24, 2.45) is 5.73 Å². The average Bonchev–Trinajstić information content (AvgIpc) is 4.08. The molecule has 0 bridgehead atoms. The number of hydrogen-bond donors (Lipinski definition) is 1. The predicted octanol–water partition coefficient (Wildman–Crippen LogP) is 17.8. The summed E-state index contributed by atoms with van der Waals surface area (Å²) in [5.74, 6) is 0. The molecule has 12 aromatic rings. The third kappa shape index (κ3) is 8.75. The number of nitrogens with two attached hydrogens (primary N) is 1. The number of aromatic nitrogens is 3. The Balaban J connectivity index is 0.000000765. The van der Waals surface area contributed by atoms with Gasteiger partial charge in [0.15, 0.2) is 0 Å². The molecule has 0 radical (unpaired) electrons. The molecule has 4 aromatic heterocycles. The van der Waals surface area contributed by atoms with Gasteiger partial charge in [-0.1, -0.05) is 184 Å².